The molecule has 0 aromatic heterocycles. The van der Waals surface area contributed by atoms with Gasteiger partial charge in [-0.25, -0.2) is 4.39 Å². The second kappa shape index (κ2) is 4.75. The van der Waals surface area contributed by atoms with Gasteiger partial charge in [-0.05, 0) is 40.0 Å². The van der Waals surface area contributed by atoms with Crippen LogP contribution in [-0.4, -0.2) is 11.3 Å². The van der Waals surface area contributed by atoms with Gasteiger partial charge in [0.1, 0.15) is 11.2 Å². The number of rotatable bonds is 3. The van der Waals surface area contributed by atoms with Gasteiger partial charge >= 0.3 is 0 Å². The molecule has 1 atom stereocenters. The first-order valence-electron chi connectivity index (χ1n) is 3.88. The van der Waals surface area contributed by atoms with Crippen molar-refractivity contribution in [2.45, 2.75) is 11.8 Å². The number of primary amides is 1. The van der Waals surface area contributed by atoms with Crippen LogP contribution in [0, 0.1) is 5.82 Å². The molecule has 0 bridgehead atoms. The zero-order chi connectivity index (χ0) is 10.7. The van der Waals surface area contributed by atoms with E-state index < -0.39 is 11.3 Å². The molecule has 1 aromatic rings. The molecule has 0 fully saturated rings. The van der Waals surface area contributed by atoms with Crippen molar-refractivity contribution in [3.63, 3.8) is 0 Å². The van der Waals surface area contributed by atoms with Gasteiger partial charge in [-0.3, -0.25) is 4.79 Å². The monoisotopic (exact) mass is 279 g/mol. The summed E-state index contributed by atoms with van der Waals surface area (Å²) in [4.78, 5) is 10.6. The molecule has 76 valence electrons. The fraction of sp³-hybridized carbons (Fsp3) is 0.222. The standard InChI is InChI=1S/C9H8BrClFNO/c10-6-2-1-5(4-8(6)12)3-7(11)9(13)14/h1-2,4,7H,3H2,(H2,13,14). The van der Waals surface area contributed by atoms with Gasteiger partial charge in [-0.1, -0.05) is 6.07 Å². The van der Waals surface area contributed by atoms with Gasteiger partial charge in [0.2, 0.25) is 5.91 Å². The Kier molecular flexibility index (Phi) is 3.89. The molecule has 0 aliphatic rings. The van der Waals surface area contributed by atoms with Crippen molar-refractivity contribution < 1.29 is 9.18 Å². The molecule has 2 nitrogen and oxygen atoms in total. The summed E-state index contributed by atoms with van der Waals surface area (Å²) in [6, 6.07) is 4.57. The molecule has 14 heavy (non-hydrogen) atoms. The van der Waals surface area contributed by atoms with Crippen molar-refractivity contribution in [2.24, 2.45) is 5.73 Å². The lowest BCUT2D eigenvalue weighted by atomic mass is 10.1. The maximum Gasteiger partial charge on any atom is 0.235 e. The highest BCUT2D eigenvalue weighted by Gasteiger charge is 2.12. The predicted octanol–water partition coefficient (Wildman–Crippen LogP) is 2.22. The molecular weight excluding hydrogens is 272 g/mol. The van der Waals surface area contributed by atoms with E-state index in [1.807, 2.05) is 0 Å². The van der Waals surface area contributed by atoms with Crippen molar-refractivity contribution in [1.82, 2.24) is 0 Å². The normalized spacial score (nSPS) is 12.5. The summed E-state index contributed by atoms with van der Waals surface area (Å²) in [6.45, 7) is 0. The molecule has 0 radical (unpaired) electrons. The second-order valence-corrected chi connectivity index (χ2v) is 4.20. The molecule has 0 saturated carbocycles. The van der Waals surface area contributed by atoms with E-state index in [1.54, 1.807) is 12.1 Å². The summed E-state index contributed by atoms with van der Waals surface area (Å²) < 4.78 is 13.4. The van der Waals surface area contributed by atoms with Crippen molar-refractivity contribution in [2.75, 3.05) is 0 Å². The Balaban J connectivity index is 2.78. The van der Waals surface area contributed by atoms with Gasteiger partial charge in [0, 0.05) is 0 Å². The van der Waals surface area contributed by atoms with E-state index in [4.69, 9.17) is 17.3 Å². The van der Waals surface area contributed by atoms with Gasteiger partial charge in [0.05, 0.1) is 4.47 Å². The summed E-state index contributed by atoms with van der Waals surface area (Å²) in [6.07, 6.45) is 0.237. The van der Waals surface area contributed by atoms with E-state index >= 15 is 0 Å². The van der Waals surface area contributed by atoms with Crippen LogP contribution in [-0.2, 0) is 11.2 Å². The first-order chi connectivity index (χ1) is 6.50. The third kappa shape index (κ3) is 2.96. The Labute approximate surface area is 94.4 Å². The smallest absolute Gasteiger partial charge is 0.235 e. The number of benzene rings is 1. The highest BCUT2D eigenvalue weighted by atomic mass is 79.9. The van der Waals surface area contributed by atoms with E-state index in [-0.39, 0.29) is 12.2 Å². The van der Waals surface area contributed by atoms with Crippen molar-refractivity contribution in [3.8, 4) is 0 Å². The first kappa shape index (κ1) is 11.5. The first-order valence-corrected chi connectivity index (χ1v) is 5.11. The summed E-state index contributed by atoms with van der Waals surface area (Å²) in [5, 5.41) is -0.796. The Morgan fingerprint density at radius 1 is 1.64 bits per heavy atom. The van der Waals surface area contributed by atoms with Crippen molar-refractivity contribution in [3.05, 3.63) is 34.1 Å². The molecule has 0 spiro atoms. The predicted molar refractivity (Wildman–Crippen MR) is 56.6 cm³/mol. The second-order valence-electron chi connectivity index (χ2n) is 2.82. The Morgan fingerprint density at radius 3 is 2.79 bits per heavy atom. The fourth-order valence-electron chi connectivity index (χ4n) is 0.974. The van der Waals surface area contributed by atoms with Gasteiger partial charge in [0.15, 0.2) is 0 Å². The topological polar surface area (TPSA) is 43.1 Å². The molecular formula is C9H8BrClFNO. The van der Waals surface area contributed by atoms with E-state index in [0.29, 0.717) is 10.0 Å². The van der Waals surface area contributed by atoms with Crippen molar-refractivity contribution >= 4 is 33.4 Å². The lowest BCUT2D eigenvalue weighted by Crippen LogP contribution is -2.25. The highest BCUT2D eigenvalue weighted by molar-refractivity contribution is 9.10. The van der Waals surface area contributed by atoms with Gasteiger partial charge in [-0.2, -0.15) is 0 Å². The van der Waals surface area contributed by atoms with Gasteiger partial charge in [-0.15, -0.1) is 11.6 Å². The van der Waals surface area contributed by atoms with Gasteiger partial charge in [0.25, 0.3) is 0 Å². The minimum atomic E-state index is -0.796. The minimum Gasteiger partial charge on any atom is -0.368 e. The van der Waals surface area contributed by atoms with E-state index in [2.05, 4.69) is 15.9 Å². The summed E-state index contributed by atoms with van der Waals surface area (Å²) in [5.41, 5.74) is 5.62. The van der Waals surface area contributed by atoms with Crippen LogP contribution < -0.4 is 5.73 Å². The van der Waals surface area contributed by atoms with Crippen LogP contribution in [0.2, 0.25) is 0 Å². The average molecular weight is 281 g/mol. The van der Waals surface area contributed by atoms with Crippen LogP contribution in [0.3, 0.4) is 0 Å². The number of carbonyl (C=O) groups excluding carboxylic acids is 1. The number of carbonyl (C=O) groups is 1. The number of nitrogens with two attached hydrogens (primary N) is 1. The Morgan fingerprint density at radius 2 is 2.29 bits per heavy atom. The Bertz CT molecular complexity index is 359. The lowest BCUT2D eigenvalue weighted by molar-refractivity contribution is -0.117. The zero-order valence-electron chi connectivity index (χ0n) is 7.14. The highest BCUT2D eigenvalue weighted by Crippen LogP contribution is 2.18. The van der Waals surface area contributed by atoms with Crippen molar-refractivity contribution in [1.29, 1.82) is 0 Å². The summed E-state index contributed by atoms with van der Waals surface area (Å²) in [7, 11) is 0. The fourth-order valence-corrected chi connectivity index (χ4v) is 1.40. The molecule has 1 aromatic carbocycles. The molecule has 0 aliphatic heterocycles. The van der Waals surface area contributed by atoms with Crippen LogP contribution in [0.15, 0.2) is 22.7 Å². The maximum atomic E-state index is 13.0. The molecule has 5 heteroatoms. The quantitative estimate of drug-likeness (QED) is 0.848. The van der Waals surface area contributed by atoms with Crippen LogP contribution >= 0.6 is 27.5 Å². The summed E-state index contributed by atoms with van der Waals surface area (Å²) in [5.74, 6) is -0.981. The summed E-state index contributed by atoms with van der Waals surface area (Å²) >= 11 is 8.66. The molecule has 0 saturated heterocycles. The number of halogens is 3. The van der Waals surface area contributed by atoms with Crippen LogP contribution in [0.25, 0.3) is 0 Å². The lowest BCUT2D eigenvalue weighted by Gasteiger charge is -2.05. The molecule has 1 amide bonds. The molecule has 0 heterocycles. The van der Waals surface area contributed by atoms with E-state index in [1.165, 1.54) is 6.07 Å². The molecule has 2 N–H and O–H groups in total. The Hall–Kier alpha value is -0.610. The average Bonchev–Trinajstić information content (AvgIpc) is 2.11. The van der Waals surface area contributed by atoms with E-state index in [0.717, 1.165) is 0 Å². The van der Waals surface area contributed by atoms with Crippen LogP contribution in [0.5, 0.6) is 0 Å². The molecule has 1 rings (SSSR count). The van der Waals surface area contributed by atoms with Crippen LogP contribution in [0.1, 0.15) is 5.56 Å². The number of alkyl halides is 1. The molecule has 0 aliphatic carbocycles. The third-order valence-corrected chi connectivity index (χ3v) is 2.72. The maximum absolute atomic E-state index is 13.0. The SMILES string of the molecule is NC(=O)C(Cl)Cc1ccc(Br)c(F)c1. The minimum absolute atomic E-state index is 0.237. The number of hydrogen-bond acceptors (Lipinski definition) is 1. The zero-order valence-corrected chi connectivity index (χ0v) is 9.48. The number of amides is 1. The molecule has 1 unspecified atom stereocenters. The largest absolute Gasteiger partial charge is 0.368 e. The van der Waals surface area contributed by atoms with E-state index in [9.17, 15) is 9.18 Å². The number of hydrogen-bond donors (Lipinski definition) is 1. The third-order valence-electron chi connectivity index (χ3n) is 1.71. The van der Waals surface area contributed by atoms with Gasteiger partial charge < -0.3 is 5.73 Å². The van der Waals surface area contributed by atoms with Crippen LogP contribution in [0.4, 0.5) is 4.39 Å².